The summed E-state index contributed by atoms with van der Waals surface area (Å²) in [5.74, 6) is -2.09. The normalized spacial score (nSPS) is 17.3. The Bertz CT molecular complexity index is 1530. The fourth-order valence-corrected chi connectivity index (χ4v) is 4.57. The maximum absolute atomic E-state index is 13.7. The summed E-state index contributed by atoms with van der Waals surface area (Å²) in [5.41, 5.74) is 1.14. The summed E-state index contributed by atoms with van der Waals surface area (Å²) in [4.78, 5) is 50.7. The fourth-order valence-electron chi connectivity index (χ4n) is 4.57. The number of halogens is 1. The van der Waals surface area contributed by atoms with E-state index in [4.69, 9.17) is 0 Å². The number of nitrogens with zero attached hydrogens (tertiary/aromatic N) is 8. The number of aliphatic imine (C=N–C) groups is 1. The summed E-state index contributed by atoms with van der Waals surface area (Å²) in [6.45, 7) is 9.42. The molecule has 1 fully saturated rings. The number of hydrogen-bond donors (Lipinski definition) is 0. The summed E-state index contributed by atoms with van der Waals surface area (Å²) < 4.78 is 15.0. The zero-order valence-electron chi connectivity index (χ0n) is 21.8. The second-order valence-electron chi connectivity index (χ2n) is 10.7. The average Bonchev–Trinajstić information content (AvgIpc) is 3.54. The van der Waals surface area contributed by atoms with E-state index in [0.29, 0.717) is 11.3 Å². The van der Waals surface area contributed by atoms with Gasteiger partial charge in [-0.05, 0) is 49.6 Å². The third kappa shape index (κ3) is 4.25. The van der Waals surface area contributed by atoms with Gasteiger partial charge in [-0.15, -0.1) is 5.11 Å². The van der Waals surface area contributed by atoms with E-state index in [1.165, 1.54) is 23.2 Å². The number of amidine groups is 1. The second-order valence-corrected chi connectivity index (χ2v) is 10.7. The number of imide groups is 1. The number of rotatable bonds is 3. The summed E-state index contributed by atoms with van der Waals surface area (Å²) >= 11 is 0. The first kappa shape index (κ1) is 25.3. The van der Waals surface area contributed by atoms with E-state index in [1.54, 1.807) is 30.5 Å². The SMILES string of the molecule is CC(C)(C)c1cc(-c2ccc(F)cc2)nn2cc(C(=O)N3CCN(C(=O)C4=NCN=N4)C(=O)C3(C)C)nc12. The van der Waals surface area contributed by atoms with Crippen LogP contribution in [0, 0.1) is 5.82 Å². The van der Waals surface area contributed by atoms with Crippen LogP contribution < -0.4 is 0 Å². The van der Waals surface area contributed by atoms with Crippen molar-refractivity contribution in [2.45, 2.75) is 45.6 Å². The van der Waals surface area contributed by atoms with Gasteiger partial charge < -0.3 is 4.90 Å². The average molecular weight is 519 g/mol. The molecule has 0 unspecified atom stereocenters. The molecule has 0 atom stereocenters. The van der Waals surface area contributed by atoms with Crippen LogP contribution in [-0.2, 0) is 15.0 Å². The minimum atomic E-state index is -1.32. The van der Waals surface area contributed by atoms with Crippen molar-refractivity contribution < 1.29 is 18.8 Å². The lowest BCUT2D eigenvalue weighted by molar-refractivity contribution is -0.153. The first-order valence-corrected chi connectivity index (χ1v) is 12.1. The number of piperazine rings is 1. The van der Waals surface area contributed by atoms with Crippen LogP contribution in [0.25, 0.3) is 16.9 Å². The molecule has 2 aliphatic heterocycles. The quantitative estimate of drug-likeness (QED) is 0.492. The summed E-state index contributed by atoms with van der Waals surface area (Å²) in [6.07, 6.45) is 1.53. The number of carbonyl (C=O) groups excluding carboxylic acids is 3. The molecule has 1 aromatic carbocycles. The maximum atomic E-state index is 13.7. The Morgan fingerprint density at radius 1 is 1.05 bits per heavy atom. The summed E-state index contributed by atoms with van der Waals surface area (Å²) in [7, 11) is 0. The Hall–Kier alpha value is -4.35. The molecule has 0 aliphatic carbocycles. The molecule has 11 nitrogen and oxygen atoms in total. The van der Waals surface area contributed by atoms with Crippen molar-refractivity contribution in [1.29, 1.82) is 0 Å². The van der Waals surface area contributed by atoms with Crippen molar-refractivity contribution in [1.82, 2.24) is 24.4 Å². The Morgan fingerprint density at radius 3 is 2.39 bits per heavy atom. The molecule has 0 N–H and O–H groups in total. The smallest absolute Gasteiger partial charge is 0.299 e. The minimum Gasteiger partial charge on any atom is -0.321 e. The monoisotopic (exact) mass is 518 g/mol. The summed E-state index contributed by atoms with van der Waals surface area (Å²) in [6, 6.07) is 7.92. The third-order valence-electron chi connectivity index (χ3n) is 6.71. The molecule has 3 amide bonds. The van der Waals surface area contributed by atoms with E-state index in [9.17, 15) is 18.8 Å². The van der Waals surface area contributed by atoms with E-state index in [1.807, 2.05) is 26.8 Å². The zero-order chi connectivity index (χ0) is 27.4. The number of imidazole rings is 1. The number of fused-ring (bicyclic) bond motifs is 1. The van der Waals surface area contributed by atoms with Crippen LogP contribution in [-0.4, -0.2) is 73.3 Å². The van der Waals surface area contributed by atoms with Crippen LogP contribution >= 0.6 is 0 Å². The highest BCUT2D eigenvalue weighted by molar-refractivity contribution is 6.41. The number of azo groups is 1. The second kappa shape index (κ2) is 8.89. The Kier molecular flexibility index (Phi) is 5.92. The number of hydrogen-bond acceptors (Lipinski definition) is 8. The molecular formula is C26H27FN8O3. The van der Waals surface area contributed by atoms with Crippen molar-refractivity contribution in [3.63, 3.8) is 0 Å². The molecule has 38 heavy (non-hydrogen) atoms. The van der Waals surface area contributed by atoms with Gasteiger partial charge in [-0.2, -0.15) is 10.2 Å². The standard InChI is InChI=1S/C26H27FN8O3/c1-25(2,3)17-12-18(15-6-8-16(27)9-7-15)32-35-13-19(30-21(17)35)22(36)34-11-10-33(24(38)26(34,4)5)23(37)20-28-14-29-31-20/h6-9,12-13H,10-11,14H2,1-5H3. The molecule has 3 aromatic rings. The highest BCUT2D eigenvalue weighted by Gasteiger charge is 2.47. The zero-order valence-corrected chi connectivity index (χ0v) is 21.8. The van der Waals surface area contributed by atoms with Crippen molar-refractivity contribution in [3.05, 3.63) is 53.6 Å². The van der Waals surface area contributed by atoms with Gasteiger partial charge in [-0.25, -0.2) is 18.9 Å². The predicted octanol–water partition coefficient (Wildman–Crippen LogP) is 3.24. The van der Waals surface area contributed by atoms with Gasteiger partial charge in [-0.1, -0.05) is 20.8 Å². The van der Waals surface area contributed by atoms with Gasteiger partial charge in [0.25, 0.3) is 17.7 Å². The van der Waals surface area contributed by atoms with E-state index < -0.39 is 23.3 Å². The molecule has 2 aromatic heterocycles. The lowest BCUT2D eigenvalue weighted by Crippen LogP contribution is -2.66. The van der Waals surface area contributed by atoms with Crippen LogP contribution in [0.4, 0.5) is 4.39 Å². The van der Waals surface area contributed by atoms with Crippen molar-refractivity contribution in [2.75, 3.05) is 19.8 Å². The Balaban J connectivity index is 1.50. The topological polar surface area (TPSA) is 125 Å². The molecule has 4 heterocycles. The van der Waals surface area contributed by atoms with Gasteiger partial charge in [0.1, 0.15) is 17.1 Å². The van der Waals surface area contributed by atoms with Gasteiger partial charge >= 0.3 is 0 Å². The number of benzene rings is 1. The van der Waals surface area contributed by atoms with Crippen LogP contribution in [0.1, 0.15) is 50.7 Å². The minimum absolute atomic E-state index is 0.00501. The third-order valence-corrected chi connectivity index (χ3v) is 6.71. The highest BCUT2D eigenvalue weighted by Crippen LogP contribution is 2.31. The summed E-state index contributed by atoms with van der Waals surface area (Å²) in [5, 5.41) is 12.0. The Labute approximate surface area is 218 Å². The predicted molar refractivity (Wildman–Crippen MR) is 136 cm³/mol. The molecule has 196 valence electrons. The lowest BCUT2D eigenvalue weighted by atomic mass is 9.87. The molecule has 0 bridgehead atoms. The van der Waals surface area contributed by atoms with Gasteiger partial charge in [0.2, 0.25) is 5.84 Å². The van der Waals surface area contributed by atoms with Crippen molar-refractivity contribution in [3.8, 4) is 11.3 Å². The van der Waals surface area contributed by atoms with Gasteiger partial charge in [0.15, 0.2) is 12.3 Å². The molecule has 1 saturated heterocycles. The van der Waals surface area contributed by atoms with Crippen molar-refractivity contribution >= 4 is 29.2 Å². The van der Waals surface area contributed by atoms with E-state index >= 15 is 0 Å². The highest BCUT2D eigenvalue weighted by atomic mass is 19.1. The van der Waals surface area contributed by atoms with Gasteiger partial charge in [0.05, 0.1) is 11.9 Å². The van der Waals surface area contributed by atoms with Crippen LogP contribution in [0.15, 0.2) is 51.7 Å². The molecule has 5 rings (SSSR count). The maximum Gasteiger partial charge on any atom is 0.299 e. The fraction of sp³-hybridized carbons (Fsp3) is 0.385. The molecule has 2 aliphatic rings. The van der Waals surface area contributed by atoms with Crippen LogP contribution in [0.3, 0.4) is 0 Å². The first-order valence-electron chi connectivity index (χ1n) is 12.1. The molecule has 0 spiro atoms. The Morgan fingerprint density at radius 2 is 1.76 bits per heavy atom. The van der Waals surface area contributed by atoms with Gasteiger partial charge in [0, 0.05) is 24.2 Å². The number of aromatic nitrogens is 3. The molecule has 0 radical (unpaired) electrons. The molecular weight excluding hydrogens is 491 g/mol. The first-order chi connectivity index (χ1) is 17.9. The lowest BCUT2D eigenvalue weighted by Gasteiger charge is -2.44. The molecule has 0 saturated carbocycles. The largest absolute Gasteiger partial charge is 0.321 e. The van der Waals surface area contributed by atoms with E-state index in [-0.39, 0.29) is 42.5 Å². The van der Waals surface area contributed by atoms with Crippen LogP contribution in [0.5, 0.6) is 0 Å². The number of carbonyl (C=O) groups is 3. The van der Waals surface area contributed by atoms with E-state index in [2.05, 4.69) is 25.3 Å². The van der Waals surface area contributed by atoms with E-state index in [0.717, 1.165) is 16.0 Å². The van der Waals surface area contributed by atoms with Gasteiger partial charge in [-0.3, -0.25) is 19.3 Å². The van der Waals surface area contributed by atoms with Crippen LogP contribution in [0.2, 0.25) is 0 Å². The number of amides is 3. The molecule has 12 heteroatoms. The van der Waals surface area contributed by atoms with Crippen molar-refractivity contribution in [2.24, 2.45) is 15.2 Å².